The van der Waals surface area contributed by atoms with E-state index in [0.29, 0.717) is 10.9 Å². The SMILES string of the molecule is CCCC[S+](C)c1ccc(OC)cc1. The van der Waals surface area contributed by atoms with Crippen LogP contribution in [-0.2, 0) is 10.9 Å². The zero-order chi connectivity index (χ0) is 10.4. The van der Waals surface area contributed by atoms with E-state index in [1.807, 2.05) is 12.1 Å². The molecule has 1 unspecified atom stereocenters. The van der Waals surface area contributed by atoms with Gasteiger partial charge in [0.15, 0.2) is 4.90 Å². The number of ether oxygens (including phenoxy) is 1. The number of rotatable bonds is 5. The Bertz CT molecular complexity index is 256. The predicted octanol–water partition coefficient (Wildman–Crippen LogP) is 3.10. The van der Waals surface area contributed by atoms with Crippen molar-refractivity contribution in [2.45, 2.75) is 24.7 Å². The summed E-state index contributed by atoms with van der Waals surface area (Å²) in [6, 6.07) is 8.45. The Morgan fingerprint density at radius 3 is 2.36 bits per heavy atom. The summed E-state index contributed by atoms with van der Waals surface area (Å²) < 4.78 is 5.13. The Morgan fingerprint density at radius 2 is 1.86 bits per heavy atom. The second-order valence-electron chi connectivity index (χ2n) is 3.37. The molecule has 0 aliphatic rings. The molecule has 0 radical (unpaired) electrons. The highest BCUT2D eigenvalue weighted by Crippen LogP contribution is 2.17. The molecule has 0 heterocycles. The predicted molar refractivity (Wildman–Crippen MR) is 64.3 cm³/mol. The second-order valence-corrected chi connectivity index (χ2v) is 5.52. The minimum atomic E-state index is 0.401. The minimum Gasteiger partial charge on any atom is -0.497 e. The number of methoxy groups -OCH3 is 1. The Hall–Kier alpha value is -0.630. The molecule has 0 aromatic heterocycles. The van der Waals surface area contributed by atoms with E-state index >= 15 is 0 Å². The number of hydrogen-bond donors (Lipinski definition) is 0. The van der Waals surface area contributed by atoms with Crippen molar-refractivity contribution in [2.75, 3.05) is 19.1 Å². The number of unbranched alkanes of at least 4 members (excludes halogenated alkanes) is 1. The van der Waals surface area contributed by atoms with Gasteiger partial charge in [0.05, 0.1) is 7.11 Å². The summed E-state index contributed by atoms with van der Waals surface area (Å²) in [5.74, 6) is 2.25. The largest absolute Gasteiger partial charge is 0.497 e. The van der Waals surface area contributed by atoms with Gasteiger partial charge in [-0.05, 0) is 30.7 Å². The van der Waals surface area contributed by atoms with Gasteiger partial charge in [0.25, 0.3) is 0 Å². The fraction of sp³-hybridized carbons (Fsp3) is 0.500. The Balaban J connectivity index is 2.57. The zero-order valence-electron chi connectivity index (χ0n) is 9.25. The molecule has 0 spiro atoms. The van der Waals surface area contributed by atoms with Crippen molar-refractivity contribution in [3.8, 4) is 5.75 Å². The molecule has 0 N–H and O–H groups in total. The summed E-state index contributed by atoms with van der Waals surface area (Å²) in [6.45, 7) is 2.24. The Morgan fingerprint density at radius 1 is 1.21 bits per heavy atom. The molecule has 78 valence electrons. The maximum atomic E-state index is 5.13. The molecular formula is C12H19OS+. The highest BCUT2D eigenvalue weighted by molar-refractivity contribution is 7.96. The Kier molecular flexibility index (Phi) is 4.88. The van der Waals surface area contributed by atoms with Crippen molar-refractivity contribution < 1.29 is 4.74 Å². The molecule has 14 heavy (non-hydrogen) atoms. The molecule has 2 heteroatoms. The lowest BCUT2D eigenvalue weighted by Crippen LogP contribution is -2.04. The van der Waals surface area contributed by atoms with Crippen LogP contribution in [0.15, 0.2) is 29.2 Å². The van der Waals surface area contributed by atoms with Crippen LogP contribution >= 0.6 is 0 Å². The van der Waals surface area contributed by atoms with Crippen LogP contribution in [-0.4, -0.2) is 19.1 Å². The van der Waals surface area contributed by atoms with Gasteiger partial charge in [-0.15, -0.1) is 0 Å². The third-order valence-electron chi connectivity index (χ3n) is 2.27. The quantitative estimate of drug-likeness (QED) is 0.680. The van der Waals surface area contributed by atoms with Crippen LogP contribution in [0.2, 0.25) is 0 Å². The van der Waals surface area contributed by atoms with E-state index in [4.69, 9.17) is 4.74 Å². The summed E-state index contributed by atoms with van der Waals surface area (Å²) in [5.41, 5.74) is 0. The summed E-state index contributed by atoms with van der Waals surface area (Å²) in [7, 11) is 2.11. The molecule has 1 aromatic rings. The molecular weight excluding hydrogens is 192 g/mol. The Labute approximate surface area is 89.8 Å². The van der Waals surface area contributed by atoms with Crippen molar-refractivity contribution >= 4 is 10.9 Å². The molecule has 0 bridgehead atoms. The van der Waals surface area contributed by atoms with Crippen molar-refractivity contribution in [1.29, 1.82) is 0 Å². The molecule has 0 saturated heterocycles. The topological polar surface area (TPSA) is 9.23 Å². The molecule has 0 fully saturated rings. The lowest BCUT2D eigenvalue weighted by molar-refractivity contribution is 0.414. The highest BCUT2D eigenvalue weighted by Gasteiger charge is 2.13. The smallest absolute Gasteiger partial charge is 0.154 e. The van der Waals surface area contributed by atoms with E-state index in [9.17, 15) is 0 Å². The van der Waals surface area contributed by atoms with Crippen LogP contribution in [0.3, 0.4) is 0 Å². The normalized spacial score (nSPS) is 12.5. The van der Waals surface area contributed by atoms with Gasteiger partial charge in [-0.1, -0.05) is 13.3 Å². The van der Waals surface area contributed by atoms with E-state index in [2.05, 4.69) is 25.3 Å². The molecule has 0 amide bonds. The second kappa shape index (κ2) is 5.97. The maximum absolute atomic E-state index is 5.13. The standard InChI is InChI=1S/C12H19OS/c1-4-5-10-14(3)12-8-6-11(13-2)7-9-12/h6-9H,4-5,10H2,1-3H3/q+1. The van der Waals surface area contributed by atoms with Crippen LogP contribution in [0.25, 0.3) is 0 Å². The number of benzene rings is 1. The average molecular weight is 211 g/mol. The molecule has 0 saturated carbocycles. The third-order valence-corrected chi connectivity index (χ3v) is 4.24. The van der Waals surface area contributed by atoms with E-state index in [0.717, 1.165) is 5.75 Å². The van der Waals surface area contributed by atoms with Gasteiger partial charge in [0.1, 0.15) is 17.8 Å². The highest BCUT2D eigenvalue weighted by atomic mass is 32.2. The minimum absolute atomic E-state index is 0.401. The van der Waals surface area contributed by atoms with Crippen molar-refractivity contribution in [3.63, 3.8) is 0 Å². The summed E-state index contributed by atoms with van der Waals surface area (Å²) in [6.07, 6.45) is 4.93. The van der Waals surface area contributed by atoms with Gasteiger partial charge < -0.3 is 4.74 Å². The number of hydrogen-bond acceptors (Lipinski definition) is 1. The van der Waals surface area contributed by atoms with Crippen LogP contribution in [0, 0.1) is 0 Å². The molecule has 1 atom stereocenters. The van der Waals surface area contributed by atoms with Crippen LogP contribution < -0.4 is 4.74 Å². The van der Waals surface area contributed by atoms with Crippen LogP contribution in [0.5, 0.6) is 5.75 Å². The summed E-state index contributed by atoms with van der Waals surface area (Å²) in [5, 5.41) is 0. The first-order chi connectivity index (χ1) is 6.77. The van der Waals surface area contributed by atoms with Gasteiger partial charge in [0.2, 0.25) is 0 Å². The molecule has 0 aliphatic heterocycles. The van der Waals surface area contributed by atoms with Crippen molar-refractivity contribution in [1.82, 2.24) is 0 Å². The third kappa shape index (κ3) is 3.26. The van der Waals surface area contributed by atoms with E-state index in [1.54, 1.807) is 7.11 Å². The maximum Gasteiger partial charge on any atom is 0.154 e. The van der Waals surface area contributed by atoms with Crippen LogP contribution in [0.4, 0.5) is 0 Å². The average Bonchev–Trinajstić information content (AvgIpc) is 2.26. The van der Waals surface area contributed by atoms with E-state index in [-0.39, 0.29) is 0 Å². The molecule has 1 nitrogen and oxygen atoms in total. The fourth-order valence-electron chi connectivity index (χ4n) is 1.29. The molecule has 1 aromatic carbocycles. The lowest BCUT2D eigenvalue weighted by Gasteiger charge is -2.03. The van der Waals surface area contributed by atoms with Crippen LogP contribution in [0.1, 0.15) is 19.8 Å². The summed E-state index contributed by atoms with van der Waals surface area (Å²) >= 11 is 0. The molecule has 1 rings (SSSR count). The van der Waals surface area contributed by atoms with Crippen molar-refractivity contribution in [2.24, 2.45) is 0 Å². The van der Waals surface area contributed by atoms with Gasteiger partial charge in [-0.3, -0.25) is 0 Å². The van der Waals surface area contributed by atoms with Crippen molar-refractivity contribution in [3.05, 3.63) is 24.3 Å². The summed E-state index contributed by atoms with van der Waals surface area (Å²) in [4.78, 5) is 1.44. The fourth-order valence-corrected chi connectivity index (χ4v) is 2.84. The monoisotopic (exact) mass is 211 g/mol. The first kappa shape index (κ1) is 11.4. The van der Waals surface area contributed by atoms with Gasteiger partial charge in [-0.25, -0.2) is 0 Å². The first-order valence-electron chi connectivity index (χ1n) is 5.04. The zero-order valence-corrected chi connectivity index (χ0v) is 10.1. The van der Waals surface area contributed by atoms with Gasteiger partial charge in [0, 0.05) is 10.9 Å². The van der Waals surface area contributed by atoms with Gasteiger partial charge >= 0.3 is 0 Å². The van der Waals surface area contributed by atoms with E-state index in [1.165, 1.54) is 23.5 Å². The van der Waals surface area contributed by atoms with E-state index < -0.39 is 0 Å². The van der Waals surface area contributed by atoms with Gasteiger partial charge in [-0.2, -0.15) is 0 Å². The molecule has 0 aliphatic carbocycles. The first-order valence-corrected chi connectivity index (χ1v) is 6.84. The lowest BCUT2D eigenvalue weighted by atomic mass is 10.3.